The van der Waals surface area contributed by atoms with E-state index in [1.54, 1.807) is 7.11 Å². The van der Waals surface area contributed by atoms with Crippen LogP contribution in [0.4, 0.5) is 0 Å². The summed E-state index contributed by atoms with van der Waals surface area (Å²) in [5, 5.41) is 0.356. The SMILES string of the molecule is COc1ccc(C2CCCCC(Cl)C2)cc1. The van der Waals surface area contributed by atoms with Crippen LogP contribution < -0.4 is 4.74 Å². The van der Waals surface area contributed by atoms with E-state index in [-0.39, 0.29) is 0 Å². The molecule has 2 heteroatoms. The Morgan fingerprint density at radius 2 is 1.81 bits per heavy atom. The van der Waals surface area contributed by atoms with Gasteiger partial charge in [0.05, 0.1) is 7.11 Å². The number of alkyl halides is 1. The lowest BCUT2D eigenvalue weighted by Crippen LogP contribution is -2.04. The van der Waals surface area contributed by atoms with Crippen molar-refractivity contribution in [1.82, 2.24) is 0 Å². The van der Waals surface area contributed by atoms with E-state index in [0.717, 1.165) is 12.2 Å². The molecule has 1 saturated carbocycles. The van der Waals surface area contributed by atoms with Gasteiger partial charge in [-0.25, -0.2) is 0 Å². The summed E-state index contributed by atoms with van der Waals surface area (Å²) >= 11 is 6.30. The number of rotatable bonds is 2. The van der Waals surface area contributed by atoms with Gasteiger partial charge in [0.25, 0.3) is 0 Å². The Morgan fingerprint density at radius 1 is 1.12 bits per heavy atom. The summed E-state index contributed by atoms with van der Waals surface area (Å²) in [5.41, 5.74) is 1.41. The van der Waals surface area contributed by atoms with Crippen LogP contribution in [0.3, 0.4) is 0 Å². The van der Waals surface area contributed by atoms with E-state index < -0.39 is 0 Å². The smallest absolute Gasteiger partial charge is 0.118 e. The van der Waals surface area contributed by atoms with Gasteiger partial charge in [0, 0.05) is 5.38 Å². The van der Waals surface area contributed by atoms with Gasteiger partial charge in [0.2, 0.25) is 0 Å². The van der Waals surface area contributed by atoms with Gasteiger partial charge in [-0.05, 0) is 42.9 Å². The molecule has 1 fully saturated rings. The van der Waals surface area contributed by atoms with Gasteiger partial charge in [-0.2, -0.15) is 0 Å². The van der Waals surface area contributed by atoms with Crippen molar-refractivity contribution in [2.45, 2.75) is 43.4 Å². The molecule has 0 radical (unpaired) electrons. The Labute approximate surface area is 103 Å². The van der Waals surface area contributed by atoms with Gasteiger partial charge in [-0.15, -0.1) is 11.6 Å². The third-order valence-corrected chi connectivity index (χ3v) is 3.84. The highest BCUT2D eigenvalue weighted by Gasteiger charge is 2.19. The molecule has 0 heterocycles. The number of halogens is 1. The van der Waals surface area contributed by atoms with Crippen molar-refractivity contribution in [3.8, 4) is 5.75 Å². The molecule has 0 saturated heterocycles. The van der Waals surface area contributed by atoms with Crippen LogP contribution >= 0.6 is 11.6 Å². The molecular weight excluding hydrogens is 220 g/mol. The van der Waals surface area contributed by atoms with Gasteiger partial charge in [-0.3, -0.25) is 0 Å². The zero-order valence-electron chi connectivity index (χ0n) is 9.79. The fraction of sp³-hybridized carbons (Fsp3) is 0.571. The van der Waals surface area contributed by atoms with E-state index in [1.165, 1.54) is 31.2 Å². The minimum atomic E-state index is 0.356. The number of methoxy groups -OCH3 is 1. The molecule has 0 bridgehead atoms. The first-order valence-electron chi connectivity index (χ1n) is 6.07. The van der Waals surface area contributed by atoms with Crippen molar-refractivity contribution in [1.29, 1.82) is 0 Å². The second-order valence-corrected chi connectivity index (χ2v) is 5.20. The fourth-order valence-electron chi connectivity index (χ4n) is 2.48. The average Bonchev–Trinajstić information content (AvgIpc) is 2.54. The van der Waals surface area contributed by atoms with Gasteiger partial charge in [0.15, 0.2) is 0 Å². The molecule has 1 nitrogen and oxygen atoms in total. The lowest BCUT2D eigenvalue weighted by molar-refractivity contribution is 0.414. The molecule has 1 aliphatic rings. The molecule has 1 aliphatic carbocycles. The van der Waals surface area contributed by atoms with E-state index in [0.29, 0.717) is 11.3 Å². The van der Waals surface area contributed by atoms with Crippen molar-refractivity contribution < 1.29 is 4.74 Å². The minimum absolute atomic E-state index is 0.356. The van der Waals surface area contributed by atoms with E-state index in [1.807, 2.05) is 12.1 Å². The highest BCUT2D eigenvalue weighted by Crippen LogP contribution is 2.34. The molecule has 2 unspecified atom stereocenters. The molecule has 1 aromatic carbocycles. The number of benzene rings is 1. The maximum Gasteiger partial charge on any atom is 0.118 e. The third-order valence-electron chi connectivity index (χ3n) is 3.45. The van der Waals surface area contributed by atoms with Crippen LogP contribution in [-0.2, 0) is 0 Å². The minimum Gasteiger partial charge on any atom is -0.497 e. The summed E-state index contributed by atoms with van der Waals surface area (Å²) in [4.78, 5) is 0. The number of ether oxygens (including phenoxy) is 1. The summed E-state index contributed by atoms with van der Waals surface area (Å²) in [6, 6.07) is 8.45. The summed E-state index contributed by atoms with van der Waals surface area (Å²) in [6.45, 7) is 0. The number of hydrogen-bond acceptors (Lipinski definition) is 1. The van der Waals surface area contributed by atoms with E-state index >= 15 is 0 Å². The predicted octanol–water partition coefficient (Wildman–Crippen LogP) is 4.35. The Bertz CT molecular complexity index is 320. The molecule has 0 amide bonds. The van der Waals surface area contributed by atoms with Gasteiger partial charge < -0.3 is 4.74 Å². The highest BCUT2D eigenvalue weighted by molar-refractivity contribution is 6.20. The van der Waals surface area contributed by atoms with Crippen LogP contribution in [0.5, 0.6) is 5.75 Å². The quantitative estimate of drug-likeness (QED) is 0.550. The molecule has 0 spiro atoms. The first kappa shape index (κ1) is 11.8. The normalized spacial score (nSPS) is 26.1. The zero-order chi connectivity index (χ0) is 11.4. The van der Waals surface area contributed by atoms with Crippen LogP contribution in [0.1, 0.15) is 43.6 Å². The van der Waals surface area contributed by atoms with Crippen molar-refractivity contribution in [2.75, 3.05) is 7.11 Å². The molecule has 0 aromatic heterocycles. The largest absolute Gasteiger partial charge is 0.497 e. The average molecular weight is 239 g/mol. The second kappa shape index (κ2) is 5.58. The van der Waals surface area contributed by atoms with Gasteiger partial charge in [0.1, 0.15) is 5.75 Å². The Morgan fingerprint density at radius 3 is 2.50 bits per heavy atom. The standard InChI is InChI=1S/C14H19ClO/c1-16-14-8-6-11(7-9-14)12-4-2-3-5-13(15)10-12/h6-9,12-13H,2-5,10H2,1H3. The molecule has 16 heavy (non-hydrogen) atoms. The topological polar surface area (TPSA) is 9.23 Å². The Kier molecular flexibility index (Phi) is 4.11. The third kappa shape index (κ3) is 2.91. The monoisotopic (exact) mass is 238 g/mol. The van der Waals surface area contributed by atoms with Crippen molar-refractivity contribution in [2.24, 2.45) is 0 Å². The van der Waals surface area contributed by atoms with Crippen molar-refractivity contribution in [3.05, 3.63) is 29.8 Å². The van der Waals surface area contributed by atoms with Crippen LogP contribution in [0.25, 0.3) is 0 Å². The maximum atomic E-state index is 6.30. The summed E-state index contributed by atoms with van der Waals surface area (Å²) in [5.74, 6) is 1.57. The summed E-state index contributed by atoms with van der Waals surface area (Å²) < 4.78 is 5.18. The highest BCUT2D eigenvalue weighted by atomic mass is 35.5. The Balaban J connectivity index is 2.09. The molecule has 0 aliphatic heterocycles. The van der Waals surface area contributed by atoms with E-state index in [2.05, 4.69) is 12.1 Å². The van der Waals surface area contributed by atoms with Crippen LogP contribution in [0, 0.1) is 0 Å². The molecule has 2 atom stereocenters. The lowest BCUT2D eigenvalue weighted by Gasteiger charge is -2.16. The van der Waals surface area contributed by atoms with E-state index in [4.69, 9.17) is 16.3 Å². The van der Waals surface area contributed by atoms with E-state index in [9.17, 15) is 0 Å². The van der Waals surface area contributed by atoms with Crippen LogP contribution in [-0.4, -0.2) is 12.5 Å². The first-order valence-corrected chi connectivity index (χ1v) is 6.51. The molecule has 2 rings (SSSR count). The Hall–Kier alpha value is -0.690. The number of hydrogen-bond donors (Lipinski definition) is 0. The first-order chi connectivity index (χ1) is 7.79. The molecule has 0 N–H and O–H groups in total. The molecule has 1 aromatic rings. The fourth-order valence-corrected chi connectivity index (χ4v) is 2.85. The molecule has 88 valence electrons. The molecular formula is C14H19ClO. The second-order valence-electron chi connectivity index (χ2n) is 4.59. The predicted molar refractivity (Wildman–Crippen MR) is 68.5 cm³/mol. The van der Waals surface area contributed by atoms with Gasteiger partial charge in [-0.1, -0.05) is 25.0 Å². The summed E-state index contributed by atoms with van der Waals surface area (Å²) in [6.07, 6.45) is 6.15. The van der Waals surface area contributed by atoms with Crippen LogP contribution in [0.15, 0.2) is 24.3 Å². The van der Waals surface area contributed by atoms with Crippen molar-refractivity contribution in [3.63, 3.8) is 0 Å². The van der Waals surface area contributed by atoms with Crippen molar-refractivity contribution >= 4 is 11.6 Å². The lowest BCUT2D eigenvalue weighted by atomic mass is 9.92. The maximum absolute atomic E-state index is 6.30. The summed E-state index contributed by atoms with van der Waals surface area (Å²) in [7, 11) is 1.70. The van der Waals surface area contributed by atoms with Gasteiger partial charge >= 0.3 is 0 Å². The van der Waals surface area contributed by atoms with Crippen LogP contribution in [0.2, 0.25) is 0 Å². The zero-order valence-corrected chi connectivity index (χ0v) is 10.5.